The lowest BCUT2D eigenvalue weighted by molar-refractivity contribution is -0.122. The van der Waals surface area contributed by atoms with Crippen molar-refractivity contribution < 1.29 is 13.9 Å². The highest BCUT2D eigenvalue weighted by Crippen LogP contribution is 2.27. The predicted molar refractivity (Wildman–Crippen MR) is 143 cm³/mol. The number of nitrogens with one attached hydrogen (secondary N) is 1. The van der Waals surface area contributed by atoms with Crippen molar-refractivity contribution >= 4 is 22.5 Å². The first-order valence-electron chi connectivity index (χ1n) is 13.1. The molecule has 1 aromatic heterocycles. The molecule has 5 rings (SSSR count). The van der Waals surface area contributed by atoms with Crippen molar-refractivity contribution in [3.8, 4) is 17.1 Å². The van der Waals surface area contributed by atoms with Crippen LogP contribution in [0.15, 0.2) is 41.2 Å². The monoisotopic (exact) mass is 507 g/mol. The quantitative estimate of drug-likeness (QED) is 0.528. The largest absolute Gasteiger partial charge is 0.494 e. The number of likely N-dealkylation sites (N-methyl/N-ethyl adjacent to an activating group) is 1. The SMILES string of the molecule is CCN1CCCN(c2ccc3nc(-c4ccc(F)c(OC)c4)n(CC(=O)NC4CCC4)c(=O)c3c2)CC1. The Morgan fingerprint density at radius 1 is 1.11 bits per heavy atom. The molecule has 1 amide bonds. The van der Waals surface area contributed by atoms with Gasteiger partial charge in [-0.15, -0.1) is 0 Å². The number of carbonyl (C=O) groups excluding carboxylic acids is 1. The van der Waals surface area contributed by atoms with Crippen LogP contribution in [0, 0.1) is 5.82 Å². The highest BCUT2D eigenvalue weighted by atomic mass is 19.1. The van der Waals surface area contributed by atoms with Gasteiger partial charge < -0.3 is 19.9 Å². The normalized spacial score (nSPS) is 16.9. The van der Waals surface area contributed by atoms with Crippen LogP contribution in [0.1, 0.15) is 32.6 Å². The van der Waals surface area contributed by atoms with Gasteiger partial charge in [-0.2, -0.15) is 0 Å². The summed E-state index contributed by atoms with van der Waals surface area (Å²) in [5, 5.41) is 3.47. The Hall–Kier alpha value is -3.46. The van der Waals surface area contributed by atoms with Crippen molar-refractivity contribution in [1.29, 1.82) is 0 Å². The molecule has 0 unspecified atom stereocenters. The molecule has 196 valence electrons. The predicted octanol–water partition coefficient (Wildman–Crippen LogP) is 3.41. The van der Waals surface area contributed by atoms with Gasteiger partial charge in [-0.25, -0.2) is 9.37 Å². The Kier molecular flexibility index (Phi) is 7.41. The molecule has 0 spiro atoms. The van der Waals surface area contributed by atoms with E-state index in [2.05, 4.69) is 22.0 Å². The smallest absolute Gasteiger partial charge is 0.262 e. The number of amides is 1. The molecule has 1 saturated carbocycles. The van der Waals surface area contributed by atoms with E-state index in [0.29, 0.717) is 22.3 Å². The average Bonchev–Trinajstić information content (AvgIpc) is 3.14. The zero-order chi connectivity index (χ0) is 25.9. The standard InChI is InChI=1S/C28H34FN5O3/c1-3-32-12-5-13-33(15-14-32)21-9-11-24-22(17-21)28(36)34(18-26(35)30-20-6-4-7-20)27(31-24)19-8-10-23(29)25(16-19)37-2/h8-11,16-17,20H,3-7,12-15,18H2,1-2H3,(H,30,35). The van der Waals surface area contributed by atoms with E-state index < -0.39 is 5.82 Å². The van der Waals surface area contributed by atoms with Crippen molar-refractivity contribution in [2.45, 2.75) is 45.2 Å². The molecule has 8 nitrogen and oxygen atoms in total. The molecule has 2 heterocycles. The van der Waals surface area contributed by atoms with Crippen LogP contribution >= 0.6 is 0 Å². The fourth-order valence-corrected chi connectivity index (χ4v) is 5.09. The molecule has 0 bridgehead atoms. The van der Waals surface area contributed by atoms with Gasteiger partial charge in [0.2, 0.25) is 5.91 Å². The first-order chi connectivity index (χ1) is 18.0. The van der Waals surface area contributed by atoms with Gasteiger partial charge in [0.1, 0.15) is 12.4 Å². The third kappa shape index (κ3) is 5.32. The highest BCUT2D eigenvalue weighted by Gasteiger charge is 2.23. The summed E-state index contributed by atoms with van der Waals surface area (Å²) >= 11 is 0. The lowest BCUT2D eigenvalue weighted by Gasteiger charge is -2.26. The maximum absolute atomic E-state index is 14.1. The van der Waals surface area contributed by atoms with Crippen LogP contribution in [0.4, 0.5) is 10.1 Å². The second kappa shape index (κ2) is 10.9. The Balaban J connectivity index is 1.56. The van der Waals surface area contributed by atoms with E-state index in [1.54, 1.807) is 6.07 Å². The number of fused-ring (bicyclic) bond motifs is 1. The highest BCUT2D eigenvalue weighted by molar-refractivity contribution is 5.85. The number of rotatable bonds is 7. The van der Waals surface area contributed by atoms with Gasteiger partial charge in [0.05, 0.1) is 18.0 Å². The van der Waals surface area contributed by atoms with Gasteiger partial charge in [0, 0.05) is 36.9 Å². The summed E-state index contributed by atoms with van der Waals surface area (Å²) in [5.41, 5.74) is 1.72. The number of benzene rings is 2. The Bertz CT molecular complexity index is 1350. The molecule has 3 aromatic rings. The van der Waals surface area contributed by atoms with Crippen molar-refractivity contribution in [1.82, 2.24) is 19.8 Å². The summed E-state index contributed by atoms with van der Waals surface area (Å²) in [6.07, 6.45) is 4.06. The Morgan fingerprint density at radius 3 is 2.68 bits per heavy atom. The van der Waals surface area contributed by atoms with Gasteiger partial charge in [-0.3, -0.25) is 14.2 Å². The second-order valence-corrected chi connectivity index (χ2v) is 9.85. The Labute approximate surface area is 216 Å². The number of aromatic nitrogens is 2. The fourth-order valence-electron chi connectivity index (χ4n) is 5.09. The number of nitrogens with zero attached hydrogens (tertiary/aromatic N) is 4. The van der Waals surface area contributed by atoms with Gasteiger partial charge in [0.25, 0.3) is 5.56 Å². The summed E-state index contributed by atoms with van der Waals surface area (Å²) in [6.45, 7) is 6.89. The van der Waals surface area contributed by atoms with Crippen LogP contribution in [-0.4, -0.2) is 66.2 Å². The van der Waals surface area contributed by atoms with E-state index in [1.807, 2.05) is 18.2 Å². The summed E-state index contributed by atoms with van der Waals surface area (Å²) < 4.78 is 20.7. The minimum atomic E-state index is -0.507. The van der Waals surface area contributed by atoms with Gasteiger partial charge in [-0.1, -0.05) is 6.92 Å². The van der Waals surface area contributed by atoms with Crippen LogP contribution in [0.25, 0.3) is 22.3 Å². The number of carbonyl (C=O) groups is 1. The molecular formula is C28H34FN5O3. The summed E-state index contributed by atoms with van der Waals surface area (Å²) in [5.74, 6) is -0.380. The summed E-state index contributed by atoms with van der Waals surface area (Å²) in [7, 11) is 1.39. The van der Waals surface area contributed by atoms with Crippen molar-refractivity contribution in [3.05, 3.63) is 52.6 Å². The maximum atomic E-state index is 14.1. The van der Waals surface area contributed by atoms with E-state index >= 15 is 0 Å². The van der Waals surface area contributed by atoms with Crippen LogP contribution in [0.5, 0.6) is 5.75 Å². The van der Waals surface area contributed by atoms with Crippen LogP contribution in [0.3, 0.4) is 0 Å². The first-order valence-corrected chi connectivity index (χ1v) is 13.1. The minimum absolute atomic E-state index is 0.0509. The third-order valence-electron chi connectivity index (χ3n) is 7.52. The van der Waals surface area contributed by atoms with E-state index in [9.17, 15) is 14.0 Å². The molecule has 2 fully saturated rings. The van der Waals surface area contributed by atoms with E-state index in [-0.39, 0.29) is 29.8 Å². The van der Waals surface area contributed by atoms with E-state index in [4.69, 9.17) is 9.72 Å². The third-order valence-corrected chi connectivity index (χ3v) is 7.52. The van der Waals surface area contributed by atoms with Crippen molar-refractivity contribution in [2.24, 2.45) is 0 Å². The van der Waals surface area contributed by atoms with Crippen LogP contribution in [-0.2, 0) is 11.3 Å². The molecule has 1 N–H and O–H groups in total. The van der Waals surface area contributed by atoms with Crippen molar-refractivity contribution in [2.75, 3.05) is 44.7 Å². The molecular weight excluding hydrogens is 473 g/mol. The zero-order valence-corrected chi connectivity index (χ0v) is 21.5. The van der Waals surface area contributed by atoms with Gasteiger partial charge in [-0.05, 0) is 75.2 Å². The Morgan fingerprint density at radius 2 is 1.95 bits per heavy atom. The summed E-state index contributed by atoms with van der Waals surface area (Å²) in [4.78, 5) is 36.3. The molecule has 37 heavy (non-hydrogen) atoms. The topological polar surface area (TPSA) is 79.7 Å². The van der Waals surface area contributed by atoms with E-state index in [0.717, 1.165) is 64.1 Å². The second-order valence-electron chi connectivity index (χ2n) is 9.85. The molecule has 1 aliphatic carbocycles. The lowest BCUT2D eigenvalue weighted by atomic mass is 9.93. The lowest BCUT2D eigenvalue weighted by Crippen LogP contribution is -2.42. The van der Waals surface area contributed by atoms with Gasteiger partial charge in [0.15, 0.2) is 11.6 Å². The molecule has 9 heteroatoms. The summed E-state index contributed by atoms with van der Waals surface area (Å²) in [6, 6.07) is 10.2. The molecule has 0 radical (unpaired) electrons. The number of anilines is 1. The maximum Gasteiger partial charge on any atom is 0.262 e. The number of hydrogen-bond acceptors (Lipinski definition) is 6. The number of hydrogen-bond donors (Lipinski definition) is 1. The number of halogens is 1. The first kappa shape index (κ1) is 25.2. The minimum Gasteiger partial charge on any atom is -0.494 e. The average molecular weight is 508 g/mol. The van der Waals surface area contributed by atoms with Crippen LogP contribution < -0.4 is 20.5 Å². The van der Waals surface area contributed by atoms with Crippen LogP contribution in [0.2, 0.25) is 0 Å². The number of ether oxygens (including phenoxy) is 1. The molecule has 1 saturated heterocycles. The van der Waals surface area contributed by atoms with E-state index in [1.165, 1.54) is 23.8 Å². The fraction of sp³-hybridized carbons (Fsp3) is 0.464. The van der Waals surface area contributed by atoms with Crippen molar-refractivity contribution in [3.63, 3.8) is 0 Å². The van der Waals surface area contributed by atoms with Gasteiger partial charge >= 0.3 is 0 Å². The molecule has 0 atom stereocenters. The molecule has 2 aliphatic rings. The molecule has 1 aliphatic heterocycles. The zero-order valence-electron chi connectivity index (χ0n) is 21.5. The number of methoxy groups -OCH3 is 1. The molecule has 2 aromatic carbocycles.